The highest BCUT2D eigenvalue weighted by molar-refractivity contribution is 8.02. The van der Waals surface area contributed by atoms with Crippen molar-refractivity contribution >= 4 is 35.2 Å². The minimum absolute atomic E-state index is 0.0209. The van der Waals surface area contributed by atoms with Crippen molar-refractivity contribution in [2.75, 3.05) is 25.6 Å². The van der Waals surface area contributed by atoms with E-state index < -0.39 is 22.6 Å². The Kier molecular flexibility index (Phi) is 7.95. The number of likely N-dealkylation sites (tertiary alicyclic amines) is 1. The Morgan fingerprint density at radius 2 is 1.84 bits per heavy atom. The van der Waals surface area contributed by atoms with Crippen molar-refractivity contribution < 1.29 is 24.2 Å². The molecule has 38 heavy (non-hydrogen) atoms. The maximum absolute atomic E-state index is 14.0. The van der Waals surface area contributed by atoms with Crippen LogP contribution in [0.15, 0.2) is 54.6 Å². The first kappa shape index (κ1) is 26.6. The number of hydrogen-bond donors (Lipinski definition) is 3. The molecular weight excluding hydrogens is 502 g/mol. The van der Waals surface area contributed by atoms with Crippen LogP contribution >= 0.6 is 11.8 Å². The lowest BCUT2D eigenvalue weighted by molar-refractivity contribution is -0.139. The summed E-state index contributed by atoms with van der Waals surface area (Å²) >= 11 is 1.67. The van der Waals surface area contributed by atoms with Crippen LogP contribution in [0.1, 0.15) is 37.7 Å². The number of thioether (sulfide) groups is 1. The number of amides is 3. The van der Waals surface area contributed by atoms with Crippen LogP contribution in [0.4, 0.5) is 5.69 Å². The molecule has 202 valence electrons. The van der Waals surface area contributed by atoms with Gasteiger partial charge in [0.1, 0.15) is 11.8 Å². The monoisotopic (exact) mass is 537 g/mol. The van der Waals surface area contributed by atoms with Crippen molar-refractivity contribution in [3.8, 4) is 5.75 Å². The Hall–Kier alpha value is -3.04. The molecule has 9 heteroatoms. The fourth-order valence-electron chi connectivity index (χ4n) is 6.35. The number of anilines is 1. The minimum atomic E-state index is -0.654. The van der Waals surface area contributed by atoms with E-state index in [1.807, 2.05) is 30.3 Å². The number of nitrogens with zero attached hydrogens (tertiary/aromatic N) is 1. The quantitative estimate of drug-likeness (QED) is 0.380. The van der Waals surface area contributed by atoms with Crippen LogP contribution in [-0.2, 0) is 20.9 Å². The molecule has 5 rings (SSSR count). The molecule has 2 unspecified atom stereocenters. The Bertz CT molecular complexity index is 1160. The molecule has 0 aromatic heterocycles. The molecule has 3 N–H and O–H groups in total. The maximum Gasteiger partial charge on any atom is 0.248 e. The van der Waals surface area contributed by atoms with Gasteiger partial charge in [-0.15, -0.1) is 11.8 Å². The summed E-state index contributed by atoms with van der Waals surface area (Å²) in [5.74, 6) is -0.708. The Morgan fingerprint density at radius 3 is 2.55 bits per heavy atom. The van der Waals surface area contributed by atoms with Gasteiger partial charge in [0.2, 0.25) is 17.7 Å². The van der Waals surface area contributed by atoms with E-state index in [-0.39, 0.29) is 29.6 Å². The normalized spacial score (nSPS) is 27.3. The van der Waals surface area contributed by atoms with Gasteiger partial charge < -0.3 is 25.4 Å². The number of benzene rings is 2. The van der Waals surface area contributed by atoms with Gasteiger partial charge in [0.05, 0.1) is 23.7 Å². The van der Waals surface area contributed by atoms with Crippen LogP contribution in [0.2, 0.25) is 0 Å². The average molecular weight is 538 g/mol. The van der Waals surface area contributed by atoms with E-state index in [1.54, 1.807) is 48.0 Å². The van der Waals surface area contributed by atoms with Crippen molar-refractivity contribution in [1.82, 2.24) is 10.2 Å². The van der Waals surface area contributed by atoms with Crippen LogP contribution in [0, 0.1) is 11.8 Å². The van der Waals surface area contributed by atoms with Crippen molar-refractivity contribution in [2.45, 2.75) is 54.7 Å². The van der Waals surface area contributed by atoms with Crippen molar-refractivity contribution in [3.05, 3.63) is 60.2 Å². The first-order chi connectivity index (χ1) is 18.5. The second-order valence-electron chi connectivity index (χ2n) is 10.3. The summed E-state index contributed by atoms with van der Waals surface area (Å²) in [6, 6.07) is 16.2. The number of aliphatic hydroxyl groups is 1. The van der Waals surface area contributed by atoms with Crippen molar-refractivity contribution in [1.29, 1.82) is 0 Å². The zero-order chi connectivity index (χ0) is 26.7. The van der Waals surface area contributed by atoms with Crippen molar-refractivity contribution in [2.24, 2.45) is 11.8 Å². The number of ether oxygens (including phenoxy) is 1. The van der Waals surface area contributed by atoms with Gasteiger partial charge in [-0.1, -0.05) is 30.3 Å². The minimum Gasteiger partial charge on any atom is -0.497 e. The van der Waals surface area contributed by atoms with E-state index in [9.17, 15) is 19.5 Å². The Labute approximate surface area is 227 Å². The highest BCUT2D eigenvalue weighted by atomic mass is 32.2. The summed E-state index contributed by atoms with van der Waals surface area (Å²) in [5.41, 5.74) is 1.64. The van der Waals surface area contributed by atoms with Crippen molar-refractivity contribution in [3.63, 3.8) is 0 Å². The highest BCUT2D eigenvalue weighted by Gasteiger charge is 2.73. The van der Waals surface area contributed by atoms with Gasteiger partial charge in [0.25, 0.3) is 0 Å². The number of carbonyl (C=O) groups is 3. The van der Waals surface area contributed by atoms with Crippen LogP contribution in [0.25, 0.3) is 0 Å². The fraction of sp³-hybridized carbons (Fsp3) is 0.483. The second kappa shape index (κ2) is 11.4. The molecule has 0 radical (unpaired) electrons. The Balaban J connectivity index is 1.38. The molecule has 0 aliphatic carbocycles. The number of hydrogen-bond acceptors (Lipinski definition) is 6. The third-order valence-corrected chi connectivity index (χ3v) is 10.0. The number of methoxy groups -OCH3 is 1. The number of fused-ring (bicyclic) bond motifs is 1. The third-order valence-electron chi connectivity index (χ3n) is 8.08. The van der Waals surface area contributed by atoms with Gasteiger partial charge in [-0.05, 0) is 61.9 Å². The molecule has 3 fully saturated rings. The van der Waals surface area contributed by atoms with Crippen LogP contribution in [0.3, 0.4) is 0 Å². The zero-order valence-corrected chi connectivity index (χ0v) is 22.4. The molecule has 2 bridgehead atoms. The third kappa shape index (κ3) is 4.89. The lowest BCUT2D eigenvalue weighted by Gasteiger charge is -2.34. The molecule has 3 aliphatic rings. The van der Waals surface area contributed by atoms with Gasteiger partial charge in [0.15, 0.2) is 0 Å². The van der Waals surface area contributed by atoms with E-state index in [2.05, 4.69) is 10.6 Å². The predicted octanol–water partition coefficient (Wildman–Crippen LogP) is 3.20. The molecule has 3 heterocycles. The molecule has 2 aromatic rings. The van der Waals surface area contributed by atoms with Crippen LogP contribution < -0.4 is 15.4 Å². The lowest BCUT2D eigenvalue weighted by atomic mass is 9.70. The number of carbonyl (C=O) groups excluding carboxylic acids is 3. The van der Waals surface area contributed by atoms with Gasteiger partial charge in [-0.25, -0.2) is 0 Å². The first-order valence-corrected chi connectivity index (χ1v) is 14.2. The summed E-state index contributed by atoms with van der Waals surface area (Å²) in [6.45, 7) is 0.943. The summed E-state index contributed by atoms with van der Waals surface area (Å²) in [4.78, 5) is 43.0. The summed E-state index contributed by atoms with van der Waals surface area (Å²) in [6.07, 6.45) is 3.65. The van der Waals surface area contributed by atoms with E-state index in [0.717, 1.165) is 24.8 Å². The molecule has 2 aromatic carbocycles. The molecule has 8 nitrogen and oxygen atoms in total. The molecule has 1 spiro atoms. The molecule has 5 atom stereocenters. The van der Waals surface area contributed by atoms with E-state index in [0.29, 0.717) is 37.4 Å². The highest BCUT2D eigenvalue weighted by Crippen LogP contribution is 2.66. The fourth-order valence-corrected chi connectivity index (χ4v) is 8.57. The second-order valence-corrected chi connectivity index (χ2v) is 11.9. The standard InChI is InChI=1S/C29H35N3O5S/c1-37-21-12-10-20(11-13-21)31-27(35)25-29-15-14-22(38-29)23(26(34)30-18-19-8-4-2-5-9-19)24(29)28(36)32(25)16-6-3-7-17-33/h2,4-5,8-13,22-25,33H,3,6-7,14-18H2,1H3,(H,30,34)(H,31,35)/t22-,23+,24+,25?,29?/m1/s1. The topological polar surface area (TPSA) is 108 Å². The number of aliphatic hydroxyl groups excluding tert-OH is 1. The largest absolute Gasteiger partial charge is 0.497 e. The Morgan fingerprint density at radius 1 is 1.08 bits per heavy atom. The smallest absolute Gasteiger partial charge is 0.248 e. The molecule has 3 saturated heterocycles. The van der Waals surface area contributed by atoms with E-state index >= 15 is 0 Å². The molecule has 0 saturated carbocycles. The first-order valence-electron chi connectivity index (χ1n) is 13.3. The number of rotatable bonds is 11. The average Bonchev–Trinajstić information content (AvgIpc) is 3.58. The predicted molar refractivity (Wildman–Crippen MR) is 147 cm³/mol. The van der Waals surface area contributed by atoms with Gasteiger partial charge in [-0.3, -0.25) is 14.4 Å². The number of nitrogens with one attached hydrogen (secondary N) is 2. The summed E-state index contributed by atoms with van der Waals surface area (Å²) in [7, 11) is 1.59. The van der Waals surface area contributed by atoms with Gasteiger partial charge >= 0.3 is 0 Å². The zero-order valence-electron chi connectivity index (χ0n) is 21.6. The van der Waals surface area contributed by atoms with E-state index in [1.165, 1.54) is 0 Å². The van der Waals surface area contributed by atoms with Crippen LogP contribution in [-0.4, -0.2) is 64.0 Å². The van der Waals surface area contributed by atoms with Gasteiger partial charge in [0, 0.05) is 30.6 Å². The van der Waals surface area contributed by atoms with E-state index in [4.69, 9.17) is 4.74 Å². The molecule has 3 amide bonds. The number of unbranched alkanes of at least 4 members (excludes halogenated alkanes) is 2. The van der Waals surface area contributed by atoms with Crippen LogP contribution in [0.5, 0.6) is 5.75 Å². The summed E-state index contributed by atoms with van der Waals surface area (Å²) in [5, 5.41) is 15.3. The SMILES string of the molecule is COc1ccc(NC(=O)C2N(CCCCCO)C(=O)[C@@H]3[C@@H](C(=O)NCc4ccccc4)[C@H]4CCC23S4)cc1. The van der Waals surface area contributed by atoms with Gasteiger partial charge in [-0.2, -0.15) is 0 Å². The summed E-state index contributed by atoms with van der Waals surface area (Å²) < 4.78 is 4.60. The molecule has 3 aliphatic heterocycles. The molecular formula is C29H35N3O5S. The maximum atomic E-state index is 14.0. The lowest BCUT2D eigenvalue weighted by Crippen LogP contribution is -2.51.